The number of fused-ring (bicyclic) bond motifs is 3. The lowest BCUT2D eigenvalue weighted by Gasteiger charge is -2.15. The predicted molar refractivity (Wildman–Crippen MR) is 129 cm³/mol. The molecule has 0 spiro atoms. The van der Waals surface area contributed by atoms with Crippen molar-refractivity contribution in [2.24, 2.45) is 0 Å². The molecular weight excluding hydrogens is 363 g/mol. The predicted octanol–water partition coefficient (Wildman–Crippen LogP) is 3.81. The van der Waals surface area contributed by atoms with Crippen molar-refractivity contribution in [3.63, 3.8) is 0 Å². The van der Waals surface area contributed by atoms with Crippen LogP contribution in [0, 0.1) is 0 Å². The van der Waals surface area contributed by atoms with E-state index in [9.17, 15) is 0 Å². The van der Waals surface area contributed by atoms with Crippen LogP contribution in [0.1, 0.15) is 12.8 Å². The second-order valence-corrected chi connectivity index (χ2v) is 8.36. The van der Waals surface area contributed by atoms with Crippen LogP contribution in [0.25, 0.3) is 32.9 Å². The Hall–Kier alpha value is -2.88. The topological polar surface area (TPSA) is 55.9 Å². The molecule has 1 aliphatic rings. The highest BCUT2D eigenvalue weighted by molar-refractivity contribution is 6.77. The summed E-state index contributed by atoms with van der Waals surface area (Å²) in [4.78, 5) is 0. The molecule has 2 atom stereocenters. The Morgan fingerprint density at radius 1 is 0.900 bits per heavy atom. The number of nitrogens with two attached hydrogens (primary N) is 2. The van der Waals surface area contributed by atoms with E-state index in [2.05, 4.69) is 53.1 Å². The van der Waals surface area contributed by atoms with Crippen molar-refractivity contribution >= 4 is 56.0 Å². The van der Waals surface area contributed by atoms with Crippen molar-refractivity contribution in [3.8, 4) is 11.3 Å². The van der Waals surface area contributed by atoms with Gasteiger partial charge in [-0.2, -0.15) is 4.57 Å². The SMILES string of the molecule is [B]C1[B]C1([B])CCC[n+]1c(-c2ccccc2)c2cc(N)ccc2c2ccc(N)cc21. The van der Waals surface area contributed by atoms with Crippen LogP contribution < -0.4 is 16.0 Å². The van der Waals surface area contributed by atoms with E-state index in [1.165, 1.54) is 5.39 Å². The maximum absolute atomic E-state index is 6.32. The molecule has 1 aromatic heterocycles. The molecule has 2 heterocycles. The van der Waals surface area contributed by atoms with Crippen molar-refractivity contribution < 1.29 is 4.57 Å². The Kier molecular flexibility index (Phi) is 4.54. The average Bonchev–Trinajstić information content (AvgIpc) is 3.34. The zero-order valence-electron chi connectivity index (χ0n) is 16.9. The van der Waals surface area contributed by atoms with Crippen molar-refractivity contribution in [1.29, 1.82) is 0 Å². The molecule has 1 aliphatic heterocycles. The highest BCUT2D eigenvalue weighted by Crippen LogP contribution is 2.54. The molecule has 4 aromatic rings. The second-order valence-electron chi connectivity index (χ2n) is 8.36. The number of hydrogen-bond donors (Lipinski definition) is 2. The van der Waals surface area contributed by atoms with Crippen molar-refractivity contribution in [2.45, 2.75) is 30.3 Å². The van der Waals surface area contributed by atoms with Crippen LogP contribution in [-0.4, -0.2) is 23.0 Å². The molecule has 2 unspecified atom stereocenters. The van der Waals surface area contributed by atoms with Crippen molar-refractivity contribution in [3.05, 3.63) is 66.7 Å². The molecule has 5 rings (SSSR count). The van der Waals surface area contributed by atoms with Gasteiger partial charge in [0, 0.05) is 34.8 Å². The van der Waals surface area contributed by atoms with Gasteiger partial charge in [-0.25, -0.2) is 0 Å². The zero-order valence-corrected chi connectivity index (χ0v) is 16.9. The third kappa shape index (κ3) is 3.25. The third-order valence-electron chi connectivity index (χ3n) is 6.21. The van der Waals surface area contributed by atoms with E-state index in [4.69, 9.17) is 27.2 Å². The normalized spacial score (nSPS) is 20.3. The van der Waals surface area contributed by atoms with Crippen LogP contribution in [0.3, 0.4) is 0 Å². The van der Waals surface area contributed by atoms with Gasteiger partial charge in [0.2, 0.25) is 11.2 Å². The Balaban J connectivity index is 1.76. The Morgan fingerprint density at radius 3 is 2.27 bits per heavy atom. The first-order valence-corrected chi connectivity index (χ1v) is 10.4. The molecule has 0 saturated carbocycles. The van der Waals surface area contributed by atoms with Crippen LogP contribution in [0.15, 0.2) is 66.7 Å². The number of nitrogen functional groups attached to an aromatic ring is 2. The summed E-state index contributed by atoms with van der Waals surface area (Å²) in [6, 6.07) is 22.7. The minimum absolute atomic E-state index is 0.000107. The first kappa shape index (κ1) is 19.1. The van der Waals surface area contributed by atoms with Gasteiger partial charge in [0.05, 0.1) is 33.7 Å². The smallest absolute Gasteiger partial charge is 0.220 e. The van der Waals surface area contributed by atoms with Gasteiger partial charge >= 0.3 is 0 Å². The molecule has 30 heavy (non-hydrogen) atoms. The molecule has 141 valence electrons. The van der Waals surface area contributed by atoms with E-state index >= 15 is 0 Å². The van der Waals surface area contributed by atoms with E-state index in [0.29, 0.717) is 0 Å². The van der Waals surface area contributed by atoms with Crippen molar-refractivity contribution in [2.75, 3.05) is 11.5 Å². The third-order valence-corrected chi connectivity index (χ3v) is 6.21. The summed E-state index contributed by atoms with van der Waals surface area (Å²) < 4.78 is 2.36. The molecule has 3 nitrogen and oxygen atoms in total. The molecular formula is C24H22B3N3+. The van der Waals surface area contributed by atoms with E-state index in [1.54, 1.807) is 0 Å². The highest BCUT2D eigenvalue weighted by Gasteiger charge is 2.45. The van der Waals surface area contributed by atoms with E-state index in [1.807, 2.05) is 25.5 Å². The lowest BCUT2D eigenvalue weighted by molar-refractivity contribution is -0.659. The molecule has 6 heteroatoms. The number of anilines is 2. The number of aromatic nitrogens is 1. The highest BCUT2D eigenvalue weighted by atomic mass is 15.0. The largest absolute Gasteiger partial charge is 0.399 e. The fourth-order valence-corrected chi connectivity index (χ4v) is 4.48. The Morgan fingerprint density at radius 2 is 1.57 bits per heavy atom. The lowest BCUT2D eigenvalue weighted by Crippen LogP contribution is -2.38. The fourth-order valence-electron chi connectivity index (χ4n) is 4.48. The minimum atomic E-state index is -0.330. The van der Waals surface area contributed by atoms with Gasteiger partial charge in [0.15, 0.2) is 0 Å². The summed E-state index contributed by atoms with van der Waals surface area (Å²) in [6.07, 6.45) is 1.77. The van der Waals surface area contributed by atoms with E-state index in [0.717, 1.165) is 58.3 Å². The number of aryl methyl sites for hydroxylation is 1. The van der Waals surface area contributed by atoms with E-state index < -0.39 is 0 Å². The fraction of sp³-hybridized carbons (Fsp3) is 0.208. The summed E-state index contributed by atoms with van der Waals surface area (Å²) in [5, 5.41) is 3.14. The van der Waals surface area contributed by atoms with Gasteiger partial charge in [0.25, 0.3) is 0 Å². The first-order chi connectivity index (χ1) is 14.5. The van der Waals surface area contributed by atoms with Gasteiger partial charge in [-0.3, -0.25) is 0 Å². The summed E-state index contributed by atoms with van der Waals surface area (Å²) >= 11 is 0. The Labute approximate surface area is 180 Å². The van der Waals surface area contributed by atoms with E-state index in [-0.39, 0.29) is 10.9 Å². The quantitative estimate of drug-likeness (QED) is 0.238. The van der Waals surface area contributed by atoms with Crippen LogP contribution >= 0.6 is 0 Å². The lowest BCUT2D eigenvalue weighted by atomic mass is 9.67. The number of nitrogens with zero attached hydrogens (tertiary/aromatic N) is 1. The monoisotopic (exact) mass is 385 g/mol. The zero-order chi connectivity index (χ0) is 20.9. The van der Waals surface area contributed by atoms with Crippen LogP contribution in [0.2, 0.25) is 10.9 Å². The standard InChI is InChI=1S/C24H21B3N3/c25-23-24(26,27-23)11-4-12-30-21-14-17(29)8-10-19(21)18-9-7-16(28)13-20(18)22(30)15-5-2-1-3-6-15/h1-3,5-10,13-14,23,29H,4,11-12,28H2/p+1. The number of pyridine rings is 1. The molecule has 1 fully saturated rings. The van der Waals surface area contributed by atoms with Gasteiger partial charge in [0.1, 0.15) is 6.54 Å². The number of rotatable bonds is 5. The second kappa shape index (κ2) is 7.12. The molecule has 3 aromatic carbocycles. The van der Waals surface area contributed by atoms with Crippen LogP contribution in [0.5, 0.6) is 0 Å². The summed E-state index contributed by atoms with van der Waals surface area (Å²) in [6.45, 7) is 0.814. The minimum Gasteiger partial charge on any atom is -0.399 e. The summed E-state index contributed by atoms with van der Waals surface area (Å²) in [5.74, 6) is 0. The molecule has 4 N–H and O–H groups in total. The van der Waals surface area contributed by atoms with Gasteiger partial charge in [-0.1, -0.05) is 30.7 Å². The maximum Gasteiger partial charge on any atom is 0.220 e. The summed E-state index contributed by atoms with van der Waals surface area (Å²) in [7, 11) is 14.3. The number of hydrogen-bond acceptors (Lipinski definition) is 2. The molecule has 0 aliphatic carbocycles. The molecule has 5 radical (unpaired) electrons. The van der Waals surface area contributed by atoms with Crippen LogP contribution in [-0.2, 0) is 6.54 Å². The van der Waals surface area contributed by atoms with Crippen LogP contribution in [0.4, 0.5) is 11.4 Å². The Bertz CT molecular complexity index is 1260. The van der Waals surface area contributed by atoms with Gasteiger partial charge in [-0.15, -0.1) is 10.9 Å². The van der Waals surface area contributed by atoms with Gasteiger partial charge < -0.3 is 11.5 Å². The average molecular weight is 385 g/mol. The summed E-state index contributed by atoms with van der Waals surface area (Å²) in [5.41, 5.74) is 17.3. The number of benzene rings is 3. The van der Waals surface area contributed by atoms with Gasteiger partial charge in [-0.05, 0) is 36.4 Å². The van der Waals surface area contributed by atoms with Crippen molar-refractivity contribution in [1.82, 2.24) is 0 Å². The molecule has 1 saturated heterocycles. The molecule has 0 amide bonds. The first-order valence-electron chi connectivity index (χ1n) is 10.4. The maximum atomic E-state index is 6.32. The molecule has 0 bridgehead atoms.